The first kappa shape index (κ1) is 14.2. The van der Waals surface area contributed by atoms with E-state index in [9.17, 15) is 9.59 Å². The van der Waals surface area contributed by atoms with E-state index in [0.29, 0.717) is 17.8 Å². The molecule has 18 heavy (non-hydrogen) atoms. The molecule has 1 aromatic rings. The number of nitrogens with one attached hydrogen (secondary N) is 1. The number of anilines is 1. The first-order valence-corrected chi connectivity index (χ1v) is 6.08. The van der Waals surface area contributed by atoms with Crippen LogP contribution < -0.4 is 5.32 Å². The maximum Gasteiger partial charge on any atom is 0.309 e. The van der Waals surface area contributed by atoms with Crippen molar-refractivity contribution >= 4 is 17.6 Å². The number of carbonyl (C=O) groups is 2. The highest BCUT2D eigenvalue weighted by atomic mass is 16.4. The summed E-state index contributed by atoms with van der Waals surface area (Å²) in [6, 6.07) is 3.28. The number of rotatable bonds is 7. The minimum Gasteiger partial charge on any atom is -0.481 e. The molecule has 5 heteroatoms. The van der Waals surface area contributed by atoms with Crippen LogP contribution in [0.2, 0.25) is 0 Å². The Bertz CT molecular complexity index is 401. The maximum atomic E-state index is 11.5. The summed E-state index contributed by atoms with van der Waals surface area (Å²) in [7, 11) is 0. The van der Waals surface area contributed by atoms with Crippen LogP contribution in [0.5, 0.6) is 0 Å². The van der Waals surface area contributed by atoms with Gasteiger partial charge in [-0.3, -0.25) is 14.6 Å². The number of aliphatic carboxylic acids is 1. The molecule has 5 nitrogen and oxygen atoms in total. The molecule has 0 unspecified atom stereocenters. The summed E-state index contributed by atoms with van der Waals surface area (Å²) in [5.41, 5.74) is 1.08. The number of carboxylic acids is 1. The minimum absolute atomic E-state index is 0.0313. The van der Waals surface area contributed by atoms with Gasteiger partial charge in [0.05, 0.1) is 24.0 Å². The van der Waals surface area contributed by atoms with Crippen LogP contribution in [0, 0.1) is 0 Å². The Hall–Kier alpha value is -1.91. The first-order valence-electron chi connectivity index (χ1n) is 6.08. The number of hydrogen-bond donors (Lipinski definition) is 2. The lowest BCUT2D eigenvalue weighted by atomic mass is 10.2. The molecule has 1 heterocycles. The van der Waals surface area contributed by atoms with Crippen LogP contribution in [-0.4, -0.2) is 22.0 Å². The molecule has 0 radical (unpaired) electrons. The predicted octanol–water partition coefficient (Wildman–Crippen LogP) is 2.23. The Morgan fingerprint density at radius 2 is 2.11 bits per heavy atom. The highest BCUT2D eigenvalue weighted by Crippen LogP contribution is 2.08. The third-order valence-corrected chi connectivity index (χ3v) is 2.45. The predicted molar refractivity (Wildman–Crippen MR) is 68.3 cm³/mol. The minimum atomic E-state index is -0.918. The summed E-state index contributed by atoms with van der Waals surface area (Å²) in [4.78, 5) is 26.0. The molecule has 2 N–H and O–H groups in total. The third-order valence-electron chi connectivity index (χ3n) is 2.45. The van der Waals surface area contributed by atoms with E-state index < -0.39 is 5.97 Å². The molecule has 1 amide bonds. The van der Waals surface area contributed by atoms with E-state index in [2.05, 4.69) is 17.2 Å². The van der Waals surface area contributed by atoms with Crippen molar-refractivity contribution in [2.24, 2.45) is 0 Å². The Morgan fingerprint density at radius 3 is 2.67 bits per heavy atom. The molecule has 0 atom stereocenters. The average molecular weight is 250 g/mol. The van der Waals surface area contributed by atoms with E-state index in [0.717, 1.165) is 19.3 Å². The fourth-order valence-electron chi connectivity index (χ4n) is 1.52. The van der Waals surface area contributed by atoms with Gasteiger partial charge in [0.2, 0.25) is 5.91 Å². The van der Waals surface area contributed by atoms with Crippen LogP contribution >= 0.6 is 0 Å². The number of amides is 1. The molecule has 0 aromatic carbocycles. The van der Waals surface area contributed by atoms with E-state index in [1.54, 1.807) is 12.1 Å². The van der Waals surface area contributed by atoms with Crippen molar-refractivity contribution in [2.75, 3.05) is 5.32 Å². The molecule has 0 saturated heterocycles. The summed E-state index contributed by atoms with van der Waals surface area (Å²) in [6.07, 6.45) is 4.89. The molecule has 98 valence electrons. The maximum absolute atomic E-state index is 11.5. The molecular formula is C13H18N2O3. The summed E-state index contributed by atoms with van der Waals surface area (Å²) in [6.45, 7) is 2.09. The van der Waals surface area contributed by atoms with Gasteiger partial charge in [-0.1, -0.05) is 19.8 Å². The lowest BCUT2D eigenvalue weighted by molar-refractivity contribution is -0.136. The van der Waals surface area contributed by atoms with Crippen molar-refractivity contribution in [1.29, 1.82) is 0 Å². The molecular weight excluding hydrogens is 232 g/mol. The van der Waals surface area contributed by atoms with Gasteiger partial charge in [0.25, 0.3) is 0 Å². The van der Waals surface area contributed by atoms with E-state index >= 15 is 0 Å². The zero-order chi connectivity index (χ0) is 13.4. The van der Waals surface area contributed by atoms with Gasteiger partial charge in [0.1, 0.15) is 0 Å². The van der Waals surface area contributed by atoms with Crippen molar-refractivity contribution in [3.05, 3.63) is 24.0 Å². The molecule has 0 saturated carbocycles. The van der Waals surface area contributed by atoms with Gasteiger partial charge in [-0.15, -0.1) is 0 Å². The molecule has 0 bridgehead atoms. The van der Waals surface area contributed by atoms with Crippen LogP contribution in [0.3, 0.4) is 0 Å². The highest BCUT2D eigenvalue weighted by Gasteiger charge is 2.04. The Kier molecular flexibility index (Phi) is 5.84. The summed E-state index contributed by atoms with van der Waals surface area (Å²) in [5, 5.41) is 11.3. The standard InChI is InChI=1S/C13H18N2O3/c1-2-3-4-5-12(16)15-11-7-6-10(14-9-11)8-13(17)18/h6-7,9H,2-5,8H2,1H3,(H,15,16)(H,17,18). The quantitative estimate of drug-likeness (QED) is 0.727. The zero-order valence-electron chi connectivity index (χ0n) is 10.5. The highest BCUT2D eigenvalue weighted by molar-refractivity contribution is 5.90. The Morgan fingerprint density at radius 1 is 1.33 bits per heavy atom. The molecule has 1 rings (SSSR count). The van der Waals surface area contributed by atoms with Crippen molar-refractivity contribution in [1.82, 2.24) is 4.98 Å². The van der Waals surface area contributed by atoms with Gasteiger partial charge in [-0.25, -0.2) is 0 Å². The molecule has 0 aliphatic rings. The lowest BCUT2D eigenvalue weighted by Crippen LogP contribution is -2.11. The van der Waals surface area contributed by atoms with Gasteiger partial charge < -0.3 is 10.4 Å². The number of carboxylic acid groups (broad SMARTS) is 1. The number of carbonyl (C=O) groups excluding carboxylic acids is 1. The SMILES string of the molecule is CCCCCC(=O)Nc1ccc(CC(=O)O)nc1. The largest absolute Gasteiger partial charge is 0.481 e. The van der Waals surface area contributed by atoms with Gasteiger partial charge in [-0.05, 0) is 18.6 Å². The Labute approximate surface area is 106 Å². The molecule has 0 fully saturated rings. The number of aromatic nitrogens is 1. The molecule has 0 aliphatic carbocycles. The number of unbranched alkanes of at least 4 members (excludes halogenated alkanes) is 2. The van der Waals surface area contributed by atoms with Crippen LogP contribution in [0.25, 0.3) is 0 Å². The number of nitrogens with zero attached hydrogens (tertiary/aromatic N) is 1. The second kappa shape index (κ2) is 7.42. The fraction of sp³-hybridized carbons (Fsp3) is 0.462. The van der Waals surface area contributed by atoms with Gasteiger partial charge in [0.15, 0.2) is 0 Å². The van der Waals surface area contributed by atoms with E-state index in [1.165, 1.54) is 6.20 Å². The van der Waals surface area contributed by atoms with Crippen molar-refractivity contribution in [3.63, 3.8) is 0 Å². The van der Waals surface area contributed by atoms with Crippen molar-refractivity contribution in [3.8, 4) is 0 Å². The first-order chi connectivity index (χ1) is 8.61. The van der Waals surface area contributed by atoms with Gasteiger partial charge >= 0.3 is 5.97 Å². The average Bonchev–Trinajstić information content (AvgIpc) is 2.31. The van der Waals surface area contributed by atoms with Crippen LogP contribution in [0.15, 0.2) is 18.3 Å². The van der Waals surface area contributed by atoms with Crippen molar-refractivity contribution < 1.29 is 14.7 Å². The second-order valence-electron chi connectivity index (χ2n) is 4.11. The fourth-order valence-corrected chi connectivity index (χ4v) is 1.52. The normalized spacial score (nSPS) is 10.1. The number of pyridine rings is 1. The molecule has 1 aromatic heterocycles. The van der Waals surface area contributed by atoms with Crippen LogP contribution in [-0.2, 0) is 16.0 Å². The van der Waals surface area contributed by atoms with Crippen LogP contribution in [0.4, 0.5) is 5.69 Å². The number of hydrogen-bond acceptors (Lipinski definition) is 3. The third kappa shape index (κ3) is 5.43. The van der Waals surface area contributed by atoms with E-state index in [4.69, 9.17) is 5.11 Å². The molecule has 0 spiro atoms. The van der Waals surface area contributed by atoms with Crippen molar-refractivity contribution in [2.45, 2.75) is 39.0 Å². The summed E-state index contributed by atoms with van der Waals surface area (Å²) in [5.74, 6) is -0.949. The van der Waals surface area contributed by atoms with Gasteiger partial charge in [0, 0.05) is 6.42 Å². The topological polar surface area (TPSA) is 79.3 Å². The zero-order valence-corrected chi connectivity index (χ0v) is 10.5. The monoisotopic (exact) mass is 250 g/mol. The smallest absolute Gasteiger partial charge is 0.309 e. The summed E-state index contributed by atoms with van der Waals surface area (Å²) >= 11 is 0. The Balaban J connectivity index is 2.43. The summed E-state index contributed by atoms with van der Waals surface area (Å²) < 4.78 is 0. The van der Waals surface area contributed by atoms with Crippen LogP contribution in [0.1, 0.15) is 38.3 Å². The lowest BCUT2D eigenvalue weighted by Gasteiger charge is -2.05. The van der Waals surface area contributed by atoms with E-state index in [1.807, 2.05) is 0 Å². The van der Waals surface area contributed by atoms with E-state index in [-0.39, 0.29) is 12.3 Å². The molecule has 0 aliphatic heterocycles. The second-order valence-corrected chi connectivity index (χ2v) is 4.11. The van der Waals surface area contributed by atoms with Gasteiger partial charge in [-0.2, -0.15) is 0 Å².